The minimum atomic E-state index is -0.123. The average Bonchev–Trinajstić information content (AvgIpc) is 2.70. The number of H-pyrrole nitrogens is 1. The van der Waals surface area contributed by atoms with E-state index in [9.17, 15) is 4.79 Å². The van der Waals surface area contributed by atoms with Crippen LogP contribution in [0.15, 0.2) is 10.9 Å². The van der Waals surface area contributed by atoms with E-state index in [1.54, 1.807) is 6.92 Å². The van der Waals surface area contributed by atoms with Crippen molar-refractivity contribution in [3.8, 4) is 0 Å². The van der Waals surface area contributed by atoms with Gasteiger partial charge in [-0.1, -0.05) is 13.8 Å². The SMILES string of the molecule is Cc1cc(=O)n2[nH]c(CCC(C)(C)CCN)nc2n1. The van der Waals surface area contributed by atoms with Crippen LogP contribution in [0.1, 0.15) is 38.2 Å². The molecule has 6 heteroatoms. The Labute approximate surface area is 112 Å². The van der Waals surface area contributed by atoms with Crippen LogP contribution in [0.3, 0.4) is 0 Å². The lowest BCUT2D eigenvalue weighted by molar-refractivity contribution is 0.311. The Morgan fingerprint density at radius 3 is 2.79 bits per heavy atom. The van der Waals surface area contributed by atoms with E-state index >= 15 is 0 Å². The van der Waals surface area contributed by atoms with Crippen molar-refractivity contribution in [1.82, 2.24) is 19.6 Å². The second kappa shape index (κ2) is 5.13. The van der Waals surface area contributed by atoms with Crippen molar-refractivity contribution < 1.29 is 0 Å². The summed E-state index contributed by atoms with van der Waals surface area (Å²) in [5.74, 6) is 1.23. The summed E-state index contributed by atoms with van der Waals surface area (Å²) in [5, 5.41) is 3.01. The Bertz CT molecular complexity index is 625. The van der Waals surface area contributed by atoms with Crippen molar-refractivity contribution >= 4 is 5.78 Å². The molecule has 6 nitrogen and oxygen atoms in total. The van der Waals surface area contributed by atoms with E-state index in [0.29, 0.717) is 18.0 Å². The van der Waals surface area contributed by atoms with E-state index in [1.807, 2.05) is 0 Å². The van der Waals surface area contributed by atoms with Gasteiger partial charge in [0.05, 0.1) is 0 Å². The quantitative estimate of drug-likeness (QED) is 0.843. The van der Waals surface area contributed by atoms with Gasteiger partial charge in [-0.15, -0.1) is 0 Å². The molecule has 0 atom stereocenters. The molecule has 0 unspecified atom stereocenters. The van der Waals surface area contributed by atoms with Gasteiger partial charge >= 0.3 is 0 Å². The Morgan fingerprint density at radius 1 is 1.37 bits per heavy atom. The third-order valence-electron chi connectivity index (χ3n) is 3.36. The number of hydrogen-bond donors (Lipinski definition) is 2. The first-order valence-electron chi connectivity index (χ1n) is 6.57. The molecule has 0 saturated carbocycles. The highest BCUT2D eigenvalue weighted by Crippen LogP contribution is 2.25. The largest absolute Gasteiger partial charge is 0.330 e. The van der Waals surface area contributed by atoms with Crippen LogP contribution in [0, 0.1) is 12.3 Å². The molecule has 2 aromatic rings. The van der Waals surface area contributed by atoms with E-state index in [1.165, 1.54) is 10.6 Å². The summed E-state index contributed by atoms with van der Waals surface area (Å²) in [6.07, 6.45) is 2.73. The summed E-state index contributed by atoms with van der Waals surface area (Å²) in [4.78, 5) is 20.4. The van der Waals surface area contributed by atoms with Crippen molar-refractivity contribution in [1.29, 1.82) is 0 Å². The standard InChI is InChI=1S/C13H21N5O/c1-9-8-11(19)18-12(15-9)16-10(17-18)4-5-13(2,3)6-7-14/h8H,4-7,14H2,1-3H3,(H,15,16,17). The van der Waals surface area contributed by atoms with Crippen molar-refractivity contribution in [2.75, 3.05) is 6.54 Å². The second-order valence-electron chi connectivity index (χ2n) is 5.74. The monoisotopic (exact) mass is 263 g/mol. The summed E-state index contributed by atoms with van der Waals surface area (Å²) in [7, 11) is 0. The number of aryl methyl sites for hydroxylation is 2. The minimum absolute atomic E-state index is 0.123. The molecule has 0 amide bonds. The summed E-state index contributed by atoms with van der Waals surface area (Å²) in [6, 6.07) is 1.49. The van der Waals surface area contributed by atoms with Crippen LogP contribution in [0.2, 0.25) is 0 Å². The summed E-state index contributed by atoms with van der Waals surface area (Å²) < 4.78 is 1.39. The van der Waals surface area contributed by atoms with E-state index in [4.69, 9.17) is 5.73 Å². The molecule has 2 rings (SSSR count). The Morgan fingerprint density at radius 2 is 2.11 bits per heavy atom. The third-order valence-corrected chi connectivity index (χ3v) is 3.36. The normalized spacial score (nSPS) is 12.2. The maximum Gasteiger partial charge on any atom is 0.274 e. The molecule has 104 valence electrons. The molecule has 2 aromatic heterocycles. The molecule has 0 aliphatic carbocycles. The summed E-state index contributed by atoms with van der Waals surface area (Å²) in [6.45, 7) is 6.86. The number of aromatic nitrogens is 4. The topological polar surface area (TPSA) is 89.1 Å². The highest BCUT2D eigenvalue weighted by molar-refractivity contribution is 5.27. The van der Waals surface area contributed by atoms with Gasteiger partial charge < -0.3 is 5.73 Å². The number of rotatable bonds is 5. The van der Waals surface area contributed by atoms with Gasteiger partial charge in [0.15, 0.2) is 0 Å². The van der Waals surface area contributed by atoms with Crippen molar-refractivity contribution in [2.24, 2.45) is 11.1 Å². The van der Waals surface area contributed by atoms with Crippen LogP contribution in [-0.4, -0.2) is 26.1 Å². The number of nitrogens with two attached hydrogens (primary N) is 1. The fourth-order valence-corrected chi connectivity index (χ4v) is 2.12. The zero-order valence-corrected chi connectivity index (χ0v) is 11.7. The highest BCUT2D eigenvalue weighted by atomic mass is 16.1. The third kappa shape index (κ3) is 3.20. The Balaban J connectivity index is 2.19. The minimum Gasteiger partial charge on any atom is -0.330 e. The van der Waals surface area contributed by atoms with Crippen LogP contribution < -0.4 is 11.3 Å². The Hall–Kier alpha value is -1.69. The van der Waals surface area contributed by atoms with Gasteiger partial charge in [0.1, 0.15) is 5.82 Å². The molecule has 0 fully saturated rings. The second-order valence-corrected chi connectivity index (χ2v) is 5.74. The first-order valence-corrected chi connectivity index (χ1v) is 6.57. The number of nitrogens with one attached hydrogen (secondary N) is 1. The number of aromatic amines is 1. The van der Waals surface area contributed by atoms with Gasteiger partial charge in [-0.2, -0.15) is 9.50 Å². The number of fused-ring (bicyclic) bond motifs is 1. The lowest BCUT2D eigenvalue weighted by Gasteiger charge is -2.22. The van der Waals surface area contributed by atoms with Gasteiger partial charge in [0, 0.05) is 18.2 Å². The fourth-order valence-electron chi connectivity index (χ4n) is 2.12. The lowest BCUT2D eigenvalue weighted by Crippen LogP contribution is -2.18. The lowest BCUT2D eigenvalue weighted by atomic mass is 9.84. The molecule has 0 saturated heterocycles. The first kappa shape index (κ1) is 13.7. The molecular weight excluding hydrogens is 242 g/mol. The van der Waals surface area contributed by atoms with Gasteiger partial charge in [-0.3, -0.25) is 9.89 Å². The van der Waals surface area contributed by atoms with Gasteiger partial charge in [0.25, 0.3) is 11.3 Å². The average molecular weight is 263 g/mol. The first-order chi connectivity index (χ1) is 8.91. The van der Waals surface area contributed by atoms with Gasteiger partial charge in [-0.25, -0.2) is 4.98 Å². The predicted octanol–water partition coefficient (Wildman–Crippen LogP) is 1.03. The predicted molar refractivity (Wildman–Crippen MR) is 74.1 cm³/mol. The van der Waals surface area contributed by atoms with Crippen molar-refractivity contribution in [3.05, 3.63) is 27.9 Å². The molecule has 19 heavy (non-hydrogen) atoms. The molecular formula is C13H21N5O. The number of hydrogen-bond acceptors (Lipinski definition) is 4. The van der Waals surface area contributed by atoms with Crippen LogP contribution in [0.5, 0.6) is 0 Å². The van der Waals surface area contributed by atoms with Crippen LogP contribution in [-0.2, 0) is 6.42 Å². The summed E-state index contributed by atoms with van der Waals surface area (Å²) >= 11 is 0. The van der Waals surface area contributed by atoms with Crippen LogP contribution in [0.25, 0.3) is 5.78 Å². The van der Waals surface area contributed by atoms with E-state index in [-0.39, 0.29) is 11.0 Å². The van der Waals surface area contributed by atoms with Gasteiger partial charge in [-0.05, 0) is 31.7 Å². The number of nitrogens with zero attached hydrogens (tertiary/aromatic N) is 3. The molecule has 3 N–H and O–H groups in total. The molecule has 0 aliphatic heterocycles. The smallest absolute Gasteiger partial charge is 0.274 e. The van der Waals surface area contributed by atoms with Crippen LogP contribution >= 0.6 is 0 Å². The fraction of sp³-hybridized carbons (Fsp3) is 0.615. The van der Waals surface area contributed by atoms with E-state index < -0.39 is 0 Å². The molecule has 2 heterocycles. The molecule has 0 radical (unpaired) electrons. The van der Waals surface area contributed by atoms with Crippen LogP contribution in [0.4, 0.5) is 0 Å². The molecule has 0 aliphatic rings. The Kier molecular flexibility index (Phi) is 3.71. The van der Waals surface area contributed by atoms with E-state index in [2.05, 4.69) is 28.9 Å². The zero-order chi connectivity index (χ0) is 14.0. The van der Waals surface area contributed by atoms with E-state index in [0.717, 1.165) is 25.1 Å². The van der Waals surface area contributed by atoms with Crippen molar-refractivity contribution in [2.45, 2.75) is 40.0 Å². The molecule has 0 aromatic carbocycles. The zero-order valence-electron chi connectivity index (χ0n) is 11.7. The summed E-state index contributed by atoms with van der Waals surface area (Å²) in [5.41, 5.74) is 6.35. The highest BCUT2D eigenvalue weighted by Gasteiger charge is 2.17. The van der Waals surface area contributed by atoms with Gasteiger partial charge in [0.2, 0.25) is 0 Å². The molecule has 0 bridgehead atoms. The van der Waals surface area contributed by atoms with Crippen molar-refractivity contribution in [3.63, 3.8) is 0 Å². The molecule has 0 spiro atoms. The maximum absolute atomic E-state index is 11.8. The maximum atomic E-state index is 11.8.